The van der Waals surface area contributed by atoms with Gasteiger partial charge in [-0.1, -0.05) is 6.42 Å². The van der Waals surface area contributed by atoms with Crippen LogP contribution in [0.4, 0.5) is 4.39 Å². The zero-order valence-electron chi connectivity index (χ0n) is 15.4. The van der Waals surface area contributed by atoms with E-state index >= 15 is 0 Å². The summed E-state index contributed by atoms with van der Waals surface area (Å²) < 4.78 is 15.2. The maximum Gasteiger partial charge on any atom is 0.274 e. The highest BCUT2D eigenvalue weighted by Gasteiger charge is 2.31. The van der Waals surface area contributed by atoms with Crippen molar-refractivity contribution in [1.29, 1.82) is 0 Å². The van der Waals surface area contributed by atoms with Crippen LogP contribution in [0.15, 0.2) is 24.3 Å². The quantitative estimate of drug-likeness (QED) is 0.754. The highest BCUT2D eigenvalue weighted by atomic mass is 19.1. The van der Waals surface area contributed by atoms with Crippen molar-refractivity contribution in [3.05, 3.63) is 47.0 Å². The van der Waals surface area contributed by atoms with Crippen molar-refractivity contribution < 1.29 is 9.18 Å². The Morgan fingerprint density at radius 1 is 1.08 bits per heavy atom. The number of rotatable bonds is 2. The lowest BCUT2D eigenvalue weighted by molar-refractivity contribution is 0.0628. The second kappa shape index (κ2) is 7.22. The molecule has 2 heterocycles. The second-order valence-corrected chi connectivity index (χ2v) is 7.57. The summed E-state index contributed by atoms with van der Waals surface area (Å²) in [7, 11) is 0. The fourth-order valence-electron chi connectivity index (χ4n) is 4.28. The van der Waals surface area contributed by atoms with Gasteiger partial charge in [-0.15, -0.1) is 0 Å². The molecule has 1 aromatic heterocycles. The van der Waals surface area contributed by atoms with E-state index in [-0.39, 0.29) is 17.8 Å². The van der Waals surface area contributed by atoms with E-state index in [0.29, 0.717) is 5.69 Å². The van der Waals surface area contributed by atoms with Crippen LogP contribution in [-0.4, -0.2) is 33.2 Å². The standard InChI is InChI=1S/C21H26FN3O/c1-15-7-5-6-14-24(15)21(26)20-18-8-3-2-4-9-19(18)25(23-20)17-12-10-16(22)11-13-17/h10-13,15H,2-9,14H2,1H3. The minimum absolute atomic E-state index is 0.0659. The van der Waals surface area contributed by atoms with Gasteiger partial charge in [-0.3, -0.25) is 4.79 Å². The Hall–Kier alpha value is -2.17. The summed E-state index contributed by atoms with van der Waals surface area (Å²) in [5, 5.41) is 4.75. The summed E-state index contributed by atoms with van der Waals surface area (Å²) in [6.45, 7) is 2.95. The number of aromatic nitrogens is 2. The molecule has 1 atom stereocenters. The predicted molar refractivity (Wildman–Crippen MR) is 99.1 cm³/mol. The number of benzene rings is 1. The molecule has 4 nitrogen and oxygen atoms in total. The predicted octanol–water partition coefficient (Wildman–Crippen LogP) is 4.29. The van der Waals surface area contributed by atoms with Crippen molar-refractivity contribution in [3.63, 3.8) is 0 Å². The topological polar surface area (TPSA) is 38.1 Å². The molecule has 1 unspecified atom stereocenters. The van der Waals surface area contributed by atoms with Gasteiger partial charge in [-0.25, -0.2) is 9.07 Å². The van der Waals surface area contributed by atoms with Crippen molar-refractivity contribution in [1.82, 2.24) is 14.7 Å². The summed E-state index contributed by atoms with van der Waals surface area (Å²) in [6.07, 6.45) is 8.51. The Balaban J connectivity index is 1.77. The molecule has 1 saturated heterocycles. The third-order valence-corrected chi connectivity index (χ3v) is 5.77. The molecule has 138 valence electrons. The van der Waals surface area contributed by atoms with E-state index in [1.54, 1.807) is 12.1 Å². The molecule has 26 heavy (non-hydrogen) atoms. The fraction of sp³-hybridized carbons (Fsp3) is 0.524. The molecule has 0 bridgehead atoms. The van der Waals surface area contributed by atoms with Crippen LogP contribution in [0.5, 0.6) is 0 Å². The van der Waals surface area contributed by atoms with Gasteiger partial charge in [0.05, 0.1) is 5.69 Å². The summed E-state index contributed by atoms with van der Waals surface area (Å²) in [5.74, 6) is -0.193. The number of likely N-dealkylation sites (tertiary alicyclic amines) is 1. The van der Waals surface area contributed by atoms with Gasteiger partial charge in [0, 0.05) is 23.8 Å². The molecular weight excluding hydrogens is 329 g/mol. The number of fused-ring (bicyclic) bond motifs is 1. The number of hydrogen-bond donors (Lipinski definition) is 0. The molecule has 5 heteroatoms. The maximum atomic E-state index is 13.3. The first kappa shape index (κ1) is 17.3. The largest absolute Gasteiger partial charge is 0.335 e. The SMILES string of the molecule is CC1CCCCN1C(=O)c1nn(-c2ccc(F)cc2)c2c1CCCCC2. The number of hydrogen-bond acceptors (Lipinski definition) is 2. The van der Waals surface area contributed by atoms with Gasteiger partial charge in [-0.2, -0.15) is 5.10 Å². The molecule has 2 aromatic rings. The summed E-state index contributed by atoms with van der Waals surface area (Å²) >= 11 is 0. The Morgan fingerprint density at radius 2 is 1.85 bits per heavy atom. The summed E-state index contributed by atoms with van der Waals surface area (Å²) in [5.41, 5.74) is 3.67. The second-order valence-electron chi connectivity index (χ2n) is 7.57. The van der Waals surface area contributed by atoms with E-state index in [4.69, 9.17) is 5.10 Å². The van der Waals surface area contributed by atoms with Crippen LogP contribution in [0.1, 0.15) is 67.2 Å². The van der Waals surface area contributed by atoms with Gasteiger partial charge in [0.25, 0.3) is 5.91 Å². The minimum atomic E-state index is -0.259. The highest BCUT2D eigenvalue weighted by Crippen LogP contribution is 2.28. The monoisotopic (exact) mass is 355 g/mol. The summed E-state index contributed by atoms with van der Waals surface area (Å²) in [4.78, 5) is 15.3. The number of piperidine rings is 1. The van der Waals surface area contributed by atoms with Crippen molar-refractivity contribution in [2.75, 3.05) is 6.54 Å². The molecular formula is C21H26FN3O. The van der Waals surface area contributed by atoms with Gasteiger partial charge in [0.1, 0.15) is 5.82 Å². The molecule has 1 aliphatic heterocycles. The van der Waals surface area contributed by atoms with E-state index in [0.717, 1.165) is 62.0 Å². The maximum absolute atomic E-state index is 13.3. The van der Waals surface area contributed by atoms with Crippen LogP contribution in [0.2, 0.25) is 0 Å². The lowest BCUT2D eigenvalue weighted by atomic mass is 10.0. The number of nitrogens with zero attached hydrogens (tertiary/aromatic N) is 3. The van der Waals surface area contributed by atoms with Crippen LogP contribution in [0.3, 0.4) is 0 Å². The minimum Gasteiger partial charge on any atom is -0.335 e. The van der Waals surface area contributed by atoms with Crippen molar-refractivity contribution in [2.45, 2.75) is 64.3 Å². The van der Waals surface area contributed by atoms with Gasteiger partial charge in [-0.05, 0) is 76.1 Å². The third-order valence-electron chi connectivity index (χ3n) is 5.77. The van der Waals surface area contributed by atoms with E-state index in [1.165, 1.54) is 25.0 Å². The van der Waals surface area contributed by atoms with E-state index in [2.05, 4.69) is 6.92 Å². The first-order valence-electron chi connectivity index (χ1n) is 9.83. The summed E-state index contributed by atoms with van der Waals surface area (Å²) in [6, 6.07) is 6.66. The average Bonchev–Trinajstić information content (AvgIpc) is 2.84. The number of carbonyl (C=O) groups is 1. The fourth-order valence-corrected chi connectivity index (χ4v) is 4.28. The van der Waals surface area contributed by atoms with Gasteiger partial charge in [0.2, 0.25) is 0 Å². The lowest BCUT2D eigenvalue weighted by Crippen LogP contribution is -2.42. The molecule has 0 saturated carbocycles. The smallest absolute Gasteiger partial charge is 0.274 e. The molecule has 1 aromatic carbocycles. The number of halogens is 1. The average molecular weight is 355 g/mol. The van der Waals surface area contributed by atoms with E-state index in [9.17, 15) is 9.18 Å². The lowest BCUT2D eigenvalue weighted by Gasteiger charge is -2.33. The number of carbonyl (C=O) groups excluding carboxylic acids is 1. The number of amides is 1. The first-order valence-corrected chi connectivity index (χ1v) is 9.83. The van der Waals surface area contributed by atoms with Gasteiger partial charge < -0.3 is 4.90 Å². The van der Waals surface area contributed by atoms with Crippen LogP contribution in [0.25, 0.3) is 5.69 Å². The molecule has 2 aliphatic rings. The zero-order chi connectivity index (χ0) is 18.1. The normalized spacial score (nSPS) is 20.5. The molecule has 1 amide bonds. The highest BCUT2D eigenvalue weighted by molar-refractivity contribution is 5.94. The Labute approximate surface area is 154 Å². The van der Waals surface area contributed by atoms with Gasteiger partial charge >= 0.3 is 0 Å². The van der Waals surface area contributed by atoms with Crippen LogP contribution in [0, 0.1) is 5.82 Å². The van der Waals surface area contributed by atoms with E-state index in [1.807, 2.05) is 9.58 Å². The Morgan fingerprint density at radius 3 is 2.62 bits per heavy atom. The van der Waals surface area contributed by atoms with Crippen molar-refractivity contribution >= 4 is 5.91 Å². The zero-order valence-corrected chi connectivity index (χ0v) is 15.4. The van der Waals surface area contributed by atoms with Crippen LogP contribution in [-0.2, 0) is 12.8 Å². The Bertz CT molecular complexity index is 796. The molecule has 0 N–H and O–H groups in total. The Kier molecular flexibility index (Phi) is 4.79. The molecule has 4 rings (SSSR count). The molecule has 0 spiro atoms. The molecule has 1 fully saturated rings. The third kappa shape index (κ3) is 3.15. The molecule has 1 aliphatic carbocycles. The van der Waals surface area contributed by atoms with Crippen molar-refractivity contribution in [2.24, 2.45) is 0 Å². The first-order chi connectivity index (χ1) is 12.6. The van der Waals surface area contributed by atoms with E-state index < -0.39 is 0 Å². The van der Waals surface area contributed by atoms with Gasteiger partial charge in [0.15, 0.2) is 5.69 Å². The van der Waals surface area contributed by atoms with Crippen LogP contribution < -0.4 is 0 Å². The molecule has 0 radical (unpaired) electrons. The van der Waals surface area contributed by atoms with Crippen LogP contribution >= 0.6 is 0 Å². The van der Waals surface area contributed by atoms with Crippen molar-refractivity contribution in [3.8, 4) is 5.69 Å².